The Labute approximate surface area is 125 Å². The molecule has 0 bridgehead atoms. The summed E-state index contributed by atoms with van der Waals surface area (Å²) in [7, 11) is -3.06. The smallest absolute Gasteiger partial charge is 0.338 e. The minimum absolute atomic E-state index is 0.0996. The molecule has 21 heavy (non-hydrogen) atoms. The van der Waals surface area contributed by atoms with Crippen molar-refractivity contribution < 1.29 is 17.9 Å². The Morgan fingerprint density at radius 2 is 2.14 bits per heavy atom. The first-order valence-electron chi connectivity index (χ1n) is 7.14. The van der Waals surface area contributed by atoms with Gasteiger partial charge in [-0.2, -0.15) is 0 Å². The summed E-state index contributed by atoms with van der Waals surface area (Å²) in [5, 5.41) is 2.89. The van der Waals surface area contributed by atoms with E-state index in [2.05, 4.69) is 5.32 Å². The SMILES string of the molecule is CCOC(=O)c1cccc(NC2CCCC2S(C)(=O)=O)c1. The summed E-state index contributed by atoms with van der Waals surface area (Å²) >= 11 is 0. The lowest BCUT2D eigenvalue weighted by Gasteiger charge is -2.21. The highest BCUT2D eigenvalue weighted by Crippen LogP contribution is 2.28. The van der Waals surface area contributed by atoms with Crippen LogP contribution in [0.4, 0.5) is 5.69 Å². The molecule has 116 valence electrons. The van der Waals surface area contributed by atoms with E-state index in [0.717, 1.165) is 18.5 Å². The summed E-state index contributed by atoms with van der Waals surface area (Å²) in [5.41, 5.74) is 1.22. The molecule has 1 aliphatic carbocycles. The molecule has 1 saturated carbocycles. The molecule has 6 heteroatoms. The molecule has 0 amide bonds. The van der Waals surface area contributed by atoms with E-state index < -0.39 is 9.84 Å². The van der Waals surface area contributed by atoms with Crippen LogP contribution in [0.25, 0.3) is 0 Å². The zero-order chi connectivity index (χ0) is 15.5. The molecule has 0 saturated heterocycles. The van der Waals surface area contributed by atoms with Crippen LogP contribution in [-0.4, -0.2) is 38.5 Å². The lowest BCUT2D eigenvalue weighted by atomic mass is 10.1. The van der Waals surface area contributed by atoms with Gasteiger partial charge in [0.15, 0.2) is 9.84 Å². The zero-order valence-electron chi connectivity index (χ0n) is 12.3. The number of carbonyl (C=O) groups excluding carboxylic acids is 1. The maximum Gasteiger partial charge on any atom is 0.338 e. The number of hydrogen-bond donors (Lipinski definition) is 1. The lowest BCUT2D eigenvalue weighted by molar-refractivity contribution is 0.0526. The van der Waals surface area contributed by atoms with Crippen molar-refractivity contribution in [1.82, 2.24) is 0 Å². The van der Waals surface area contributed by atoms with Crippen LogP contribution in [0.2, 0.25) is 0 Å². The number of benzene rings is 1. The zero-order valence-corrected chi connectivity index (χ0v) is 13.2. The van der Waals surface area contributed by atoms with Gasteiger partial charge in [-0.25, -0.2) is 13.2 Å². The Hall–Kier alpha value is -1.56. The highest BCUT2D eigenvalue weighted by atomic mass is 32.2. The monoisotopic (exact) mass is 311 g/mol. The average Bonchev–Trinajstić information content (AvgIpc) is 2.87. The molecule has 1 fully saturated rings. The molecule has 2 rings (SSSR count). The maximum atomic E-state index is 11.8. The van der Waals surface area contributed by atoms with E-state index in [-0.39, 0.29) is 17.3 Å². The van der Waals surface area contributed by atoms with Gasteiger partial charge in [0.25, 0.3) is 0 Å². The molecule has 0 radical (unpaired) electrons. The first-order valence-corrected chi connectivity index (χ1v) is 9.10. The minimum atomic E-state index is -3.06. The van der Waals surface area contributed by atoms with Gasteiger partial charge in [-0.3, -0.25) is 0 Å². The van der Waals surface area contributed by atoms with Crippen LogP contribution in [0.15, 0.2) is 24.3 Å². The van der Waals surface area contributed by atoms with Gasteiger partial charge in [0.1, 0.15) is 0 Å². The number of anilines is 1. The number of ether oxygens (including phenoxy) is 1. The van der Waals surface area contributed by atoms with Crippen LogP contribution in [-0.2, 0) is 14.6 Å². The highest BCUT2D eigenvalue weighted by Gasteiger charge is 2.34. The normalized spacial score (nSPS) is 22.0. The second-order valence-electron chi connectivity index (χ2n) is 5.35. The quantitative estimate of drug-likeness (QED) is 0.844. The van der Waals surface area contributed by atoms with E-state index in [1.54, 1.807) is 25.1 Å². The molecule has 0 spiro atoms. The summed E-state index contributed by atoms with van der Waals surface area (Å²) in [6.45, 7) is 2.09. The molecule has 1 N–H and O–H groups in total. The molecule has 0 aromatic heterocycles. The Bertz CT molecular complexity index is 612. The molecular formula is C15H21NO4S. The van der Waals surface area contributed by atoms with Crippen molar-refractivity contribution >= 4 is 21.5 Å². The first kappa shape index (κ1) is 15.8. The third-order valence-corrected chi connectivity index (χ3v) is 5.39. The van der Waals surface area contributed by atoms with E-state index in [1.165, 1.54) is 6.26 Å². The van der Waals surface area contributed by atoms with E-state index in [0.29, 0.717) is 18.6 Å². The van der Waals surface area contributed by atoms with E-state index in [9.17, 15) is 13.2 Å². The van der Waals surface area contributed by atoms with Crippen molar-refractivity contribution in [2.45, 2.75) is 37.5 Å². The summed E-state index contributed by atoms with van der Waals surface area (Å²) in [4.78, 5) is 11.7. The number of carbonyl (C=O) groups is 1. The van der Waals surface area contributed by atoms with Gasteiger partial charge >= 0.3 is 5.97 Å². The van der Waals surface area contributed by atoms with E-state index in [1.807, 2.05) is 6.07 Å². The molecule has 5 nitrogen and oxygen atoms in total. The third kappa shape index (κ3) is 3.97. The van der Waals surface area contributed by atoms with Gasteiger partial charge < -0.3 is 10.1 Å². The summed E-state index contributed by atoms with van der Waals surface area (Å²) in [5.74, 6) is -0.368. The molecule has 2 atom stereocenters. The summed E-state index contributed by atoms with van der Waals surface area (Å²) in [6, 6.07) is 6.89. The van der Waals surface area contributed by atoms with Crippen LogP contribution in [0.5, 0.6) is 0 Å². The fourth-order valence-corrected chi connectivity index (χ4v) is 4.16. The number of rotatable bonds is 5. The molecule has 0 heterocycles. The van der Waals surface area contributed by atoms with Gasteiger partial charge in [0, 0.05) is 18.0 Å². The van der Waals surface area contributed by atoms with Crippen molar-refractivity contribution in [3.05, 3.63) is 29.8 Å². The van der Waals surface area contributed by atoms with Crippen molar-refractivity contribution in [2.24, 2.45) is 0 Å². The van der Waals surface area contributed by atoms with Gasteiger partial charge in [0.05, 0.1) is 17.4 Å². The molecule has 2 unspecified atom stereocenters. The predicted octanol–water partition coefficient (Wildman–Crippen LogP) is 2.24. The second kappa shape index (κ2) is 6.47. The van der Waals surface area contributed by atoms with Crippen LogP contribution < -0.4 is 5.32 Å². The topological polar surface area (TPSA) is 72.5 Å². The highest BCUT2D eigenvalue weighted by molar-refractivity contribution is 7.91. The summed E-state index contributed by atoms with van der Waals surface area (Å²) in [6.07, 6.45) is 3.69. The van der Waals surface area contributed by atoms with E-state index >= 15 is 0 Å². The Balaban J connectivity index is 2.13. The molecule has 1 aromatic rings. The first-order chi connectivity index (χ1) is 9.91. The molecule has 1 aliphatic rings. The van der Waals surface area contributed by atoms with Gasteiger partial charge in [-0.05, 0) is 44.4 Å². The third-order valence-electron chi connectivity index (χ3n) is 3.73. The number of nitrogens with one attached hydrogen (secondary N) is 1. The van der Waals surface area contributed by atoms with Crippen molar-refractivity contribution in [1.29, 1.82) is 0 Å². The van der Waals surface area contributed by atoms with Gasteiger partial charge in [-0.1, -0.05) is 6.07 Å². The van der Waals surface area contributed by atoms with Crippen molar-refractivity contribution in [2.75, 3.05) is 18.2 Å². The van der Waals surface area contributed by atoms with Crippen molar-refractivity contribution in [3.63, 3.8) is 0 Å². The van der Waals surface area contributed by atoms with Crippen LogP contribution in [0, 0.1) is 0 Å². The summed E-state index contributed by atoms with van der Waals surface area (Å²) < 4.78 is 28.5. The van der Waals surface area contributed by atoms with Crippen LogP contribution in [0.1, 0.15) is 36.5 Å². The Morgan fingerprint density at radius 1 is 1.38 bits per heavy atom. The fraction of sp³-hybridized carbons (Fsp3) is 0.533. The average molecular weight is 311 g/mol. The number of hydrogen-bond acceptors (Lipinski definition) is 5. The van der Waals surface area contributed by atoms with Gasteiger partial charge in [-0.15, -0.1) is 0 Å². The fourth-order valence-electron chi connectivity index (χ4n) is 2.77. The second-order valence-corrected chi connectivity index (χ2v) is 7.62. The standard InChI is InChI=1S/C15H21NO4S/c1-3-20-15(17)11-6-4-7-12(10-11)16-13-8-5-9-14(13)21(2,18)19/h4,6-7,10,13-14,16H,3,5,8-9H2,1-2H3. The lowest BCUT2D eigenvalue weighted by Crippen LogP contribution is -2.34. The van der Waals surface area contributed by atoms with Gasteiger partial charge in [0.2, 0.25) is 0 Å². The van der Waals surface area contributed by atoms with Crippen LogP contribution in [0.3, 0.4) is 0 Å². The maximum absolute atomic E-state index is 11.8. The predicted molar refractivity (Wildman–Crippen MR) is 82.3 cm³/mol. The number of sulfone groups is 1. The van der Waals surface area contributed by atoms with E-state index in [4.69, 9.17) is 4.74 Å². The molecular weight excluding hydrogens is 290 g/mol. The Kier molecular flexibility index (Phi) is 4.88. The largest absolute Gasteiger partial charge is 0.462 e. The Morgan fingerprint density at radius 3 is 2.81 bits per heavy atom. The number of esters is 1. The molecule has 1 aromatic carbocycles. The molecule has 0 aliphatic heterocycles. The van der Waals surface area contributed by atoms with Crippen LogP contribution >= 0.6 is 0 Å². The minimum Gasteiger partial charge on any atom is -0.462 e. The van der Waals surface area contributed by atoms with Crippen molar-refractivity contribution in [3.8, 4) is 0 Å².